The molecular formula is C25H32N6O4. The van der Waals surface area contributed by atoms with Crippen LogP contribution in [0.5, 0.6) is 0 Å². The Balaban J connectivity index is 1.61. The number of fused-ring (bicyclic) bond motifs is 1. The fourth-order valence-electron chi connectivity index (χ4n) is 4.06. The second-order valence-electron chi connectivity index (χ2n) is 9.92. The van der Waals surface area contributed by atoms with Crippen LogP contribution in [0.4, 0.5) is 10.7 Å². The number of carbonyl (C=O) groups is 1. The zero-order chi connectivity index (χ0) is 25.3. The Labute approximate surface area is 204 Å². The lowest BCUT2D eigenvalue weighted by atomic mass is 10.2. The van der Waals surface area contributed by atoms with Crippen molar-refractivity contribution in [3.8, 4) is 11.4 Å². The Morgan fingerprint density at radius 1 is 1.14 bits per heavy atom. The highest BCUT2D eigenvalue weighted by atomic mass is 16.6. The van der Waals surface area contributed by atoms with Gasteiger partial charge in [0.25, 0.3) is 5.56 Å². The standard InChI is InChI=1S/C25H32N6O4/c1-15-13-31(14-16(2)34-15)23-29-21(10-22(32)30(23)6)19-8-7-17-11-26-18(9-20(17)28-19)12-27-24(33)35-25(3,4)5/h7-11,15-16H,12-14H2,1-6H3,(H,27,33)/t15-,16+. The quantitative estimate of drug-likeness (QED) is 0.607. The number of nitrogens with zero attached hydrogens (tertiary/aromatic N) is 5. The Bertz CT molecular complexity index is 1290. The first-order valence-electron chi connectivity index (χ1n) is 11.7. The van der Waals surface area contributed by atoms with Crippen molar-refractivity contribution in [3.05, 3.63) is 46.5 Å². The van der Waals surface area contributed by atoms with E-state index in [0.717, 1.165) is 5.39 Å². The number of anilines is 1. The number of nitrogens with one attached hydrogen (secondary N) is 1. The summed E-state index contributed by atoms with van der Waals surface area (Å²) in [5.74, 6) is 0.591. The lowest BCUT2D eigenvalue weighted by Gasteiger charge is -2.36. The first kappa shape index (κ1) is 24.6. The first-order chi connectivity index (χ1) is 16.5. The average Bonchev–Trinajstić information content (AvgIpc) is 2.77. The van der Waals surface area contributed by atoms with E-state index in [2.05, 4.69) is 15.2 Å². The van der Waals surface area contributed by atoms with E-state index in [9.17, 15) is 9.59 Å². The van der Waals surface area contributed by atoms with E-state index in [4.69, 9.17) is 19.4 Å². The highest BCUT2D eigenvalue weighted by Gasteiger charge is 2.25. The highest BCUT2D eigenvalue weighted by Crippen LogP contribution is 2.23. The third-order valence-electron chi connectivity index (χ3n) is 5.52. The summed E-state index contributed by atoms with van der Waals surface area (Å²) in [5.41, 5.74) is 1.69. The van der Waals surface area contributed by atoms with E-state index in [1.807, 2.05) is 52.8 Å². The molecule has 3 aromatic heterocycles. The van der Waals surface area contributed by atoms with Crippen molar-refractivity contribution in [2.75, 3.05) is 18.0 Å². The molecule has 0 aliphatic carbocycles. The summed E-state index contributed by atoms with van der Waals surface area (Å²) in [7, 11) is 1.72. The molecule has 186 valence electrons. The van der Waals surface area contributed by atoms with Crippen LogP contribution in [0.2, 0.25) is 0 Å². The minimum absolute atomic E-state index is 0.0401. The number of pyridine rings is 2. The van der Waals surface area contributed by atoms with Gasteiger partial charge in [-0.05, 0) is 52.8 Å². The molecule has 0 radical (unpaired) electrons. The molecule has 1 aliphatic rings. The number of hydrogen-bond donors (Lipinski definition) is 1. The Morgan fingerprint density at radius 2 is 1.86 bits per heavy atom. The van der Waals surface area contributed by atoms with Crippen molar-refractivity contribution >= 4 is 22.9 Å². The predicted molar refractivity (Wildman–Crippen MR) is 133 cm³/mol. The largest absolute Gasteiger partial charge is 0.444 e. The summed E-state index contributed by atoms with van der Waals surface area (Å²) in [6.45, 7) is 11.0. The molecule has 1 aliphatic heterocycles. The van der Waals surface area contributed by atoms with Crippen LogP contribution in [-0.4, -0.2) is 56.5 Å². The van der Waals surface area contributed by atoms with Gasteiger partial charge in [-0.25, -0.2) is 14.8 Å². The van der Waals surface area contributed by atoms with Crippen LogP contribution in [0.1, 0.15) is 40.3 Å². The molecule has 1 N–H and O–H groups in total. The van der Waals surface area contributed by atoms with Crippen LogP contribution in [0.3, 0.4) is 0 Å². The highest BCUT2D eigenvalue weighted by molar-refractivity contribution is 5.80. The lowest BCUT2D eigenvalue weighted by Crippen LogP contribution is -2.47. The van der Waals surface area contributed by atoms with Crippen molar-refractivity contribution < 1.29 is 14.3 Å². The second-order valence-corrected chi connectivity index (χ2v) is 9.92. The molecule has 2 atom stereocenters. The van der Waals surface area contributed by atoms with Crippen LogP contribution in [-0.2, 0) is 23.1 Å². The molecule has 0 spiro atoms. The third kappa shape index (κ3) is 5.94. The number of aromatic nitrogens is 4. The molecule has 1 saturated heterocycles. The smallest absolute Gasteiger partial charge is 0.407 e. The Kier molecular flexibility index (Phi) is 6.75. The van der Waals surface area contributed by atoms with Gasteiger partial charge < -0.3 is 19.7 Å². The van der Waals surface area contributed by atoms with E-state index in [0.29, 0.717) is 41.6 Å². The van der Waals surface area contributed by atoms with Gasteiger partial charge in [0, 0.05) is 37.8 Å². The maximum atomic E-state index is 12.8. The maximum Gasteiger partial charge on any atom is 0.407 e. The number of hydrogen-bond acceptors (Lipinski definition) is 8. The molecule has 4 heterocycles. The number of alkyl carbamates (subject to hydrolysis) is 1. The molecule has 0 aromatic carbocycles. The van der Waals surface area contributed by atoms with Gasteiger partial charge >= 0.3 is 6.09 Å². The molecule has 0 unspecified atom stereocenters. The first-order valence-corrected chi connectivity index (χ1v) is 11.7. The topological polar surface area (TPSA) is 111 Å². The monoisotopic (exact) mass is 480 g/mol. The van der Waals surface area contributed by atoms with Crippen molar-refractivity contribution in [2.24, 2.45) is 7.05 Å². The number of carbonyl (C=O) groups excluding carboxylic acids is 1. The maximum absolute atomic E-state index is 12.8. The normalized spacial score (nSPS) is 18.5. The molecule has 1 fully saturated rings. The predicted octanol–water partition coefficient (Wildman–Crippen LogP) is 3.03. The molecule has 10 heteroatoms. The number of morpholine rings is 1. The van der Waals surface area contributed by atoms with Gasteiger partial charge in [0.05, 0.1) is 41.4 Å². The second kappa shape index (κ2) is 9.61. The van der Waals surface area contributed by atoms with Crippen molar-refractivity contribution in [1.82, 2.24) is 24.8 Å². The molecule has 0 saturated carbocycles. The van der Waals surface area contributed by atoms with Gasteiger partial charge in [-0.1, -0.05) is 0 Å². The van der Waals surface area contributed by atoms with Crippen LogP contribution in [0, 0.1) is 0 Å². The zero-order valence-electron chi connectivity index (χ0n) is 21.0. The third-order valence-corrected chi connectivity index (χ3v) is 5.52. The summed E-state index contributed by atoms with van der Waals surface area (Å²) < 4.78 is 12.7. The number of rotatable bonds is 4. The molecule has 3 aromatic rings. The van der Waals surface area contributed by atoms with Gasteiger partial charge in [-0.15, -0.1) is 0 Å². The molecule has 1 amide bonds. The fourth-order valence-corrected chi connectivity index (χ4v) is 4.06. The van der Waals surface area contributed by atoms with Gasteiger partial charge in [0.2, 0.25) is 5.95 Å². The number of amides is 1. The molecule has 35 heavy (non-hydrogen) atoms. The zero-order valence-corrected chi connectivity index (χ0v) is 21.0. The van der Waals surface area contributed by atoms with E-state index >= 15 is 0 Å². The Hall–Kier alpha value is -3.53. The summed E-state index contributed by atoms with van der Waals surface area (Å²) in [5, 5.41) is 3.55. The van der Waals surface area contributed by atoms with Gasteiger partial charge in [0.15, 0.2) is 0 Å². The van der Waals surface area contributed by atoms with Gasteiger partial charge in [-0.2, -0.15) is 0 Å². The molecule has 4 rings (SSSR count). The lowest BCUT2D eigenvalue weighted by molar-refractivity contribution is -0.00593. The van der Waals surface area contributed by atoms with Crippen molar-refractivity contribution in [1.29, 1.82) is 0 Å². The summed E-state index contributed by atoms with van der Waals surface area (Å²) in [6, 6.07) is 7.03. The van der Waals surface area contributed by atoms with E-state index in [-0.39, 0.29) is 24.3 Å². The fraction of sp³-hybridized carbons (Fsp3) is 0.480. The van der Waals surface area contributed by atoms with Crippen LogP contribution in [0.25, 0.3) is 22.3 Å². The Morgan fingerprint density at radius 3 is 2.54 bits per heavy atom. The summed E-state index contributed by atoms with van der Waals surface area (Å²) in [6.07, 6.45) is 1.28. The van der Waals surface area contributed by atoms with Crippen molar-refractivity contribution in [2.45, 2.75) is 59.0 Å². The van der Waals surface area contributed by atoms with Crippen LogP contribution >= 0.6 is 0 Å². The SMILES string of the molecule is C[C@@H]1CN(c2nc(-c3ccc4cnc(CNC(=O)OC(C)(C)C)cc4n3)cc(=O)n2C)C[C@H](C)O1. The molecule has 0 bridgehead atoms. The number of ether oxygens (including phenoxy) is 2. The summed E-state index contributed by atoms with van der Waals surface area (Å²) >= 11 is 0. The van der Waals surface area contributed by atoms with Gasteiger partial charge in [-0.3, -0.25) is 14.3 Å². The molecular weight excluding hydrogens is 448 g/mol. The van der Waals surface area contributed by atoms with E-state index < -0.39 is 11.7 Å². The molecule has 10 nitrogen and oxygen atoms in total. The minimum Gasteiger partial charge on any atom is -0.444 e. The van der Waals surface area contributed by atoms with Crippen LogP contribution < -0.4 is 15.8 Å². The van der Waals surface area contributed by atoms with E-state index in [1.54, 1.807) is 17.8 Å². The van der Waals surface area contributed by atoms with E-state index in [1.165, 1.54) is 6.07 Å². The average molecular weight is 481 g/mol. The minimum atomic E-state index is -0.576. The van der Waals surface area contributed by atoms with Gasteiger partial charge in [0.1, 0.15) is 5.60 Å². The van der Waals surface area contributed by atoms with Crippen LogP contribution in [0.15, 0.2) is 35.3 Å². The van der Waals surface area contributed by atoms with Crippen molar-refractivity contribution in [3.63, 3.8) is 0 Å². The summed E-state index contributed by atoms with van der Waals surface area (Å²) in [4.78, 5) is 40.8.